The number of hydrogen-bond acceptors (Lipinski definition) is 3. The number of fused-ring (bicyclic) bond motifs is 1. The van der Waals surface area contributed by atoms with Crippen LogP contribution in [0.5, 0.6) is 0 Å². The molecule has 4 heteroatoms. The molecular weight excluding hydrogens is 258 g/mol. The third-order valence-corrected chi connectivity index (χ3v) is 5.05. The van der Waals surface area contributed by atoms with E-state index >= 15 is 0 Å². The van der Waals surface area contributed by atoms with Gasteiger partial charge in [-0.1, -0.05) is 30.2 Å². The fraction of sp³-hybridized carbons (Fsp3) is 0.600. The Kier molecular flexibility index (Phi) is 3.70. The number of hydrogen-bond donors (Lipinski definition) is 2. The van der Waals surface area contributed by atoms with Crippen molar-refractivity contribution in [2.45, 2.75) is 37.3 Å². The summed E-state index contributed by atoms with van der Waals surface area (Å²) >= 11 is 6.28. The van der Waals surface area contributed by atoms with Gasteiger partial charge < -0.3 is 11.1 Å². The Morgan fingerprint density at radius 1 is 1.32 bits per heavy atom. The summed E-state index contributed by atoms with van der Waals surface area (Å²) in [6.45, 7) is 3.04. The van der Waals surface area contributed by atoms with E-state index in [1.54, 1.807) is 0 Å². The van der Waals surface area contributed by atoms with Crippen LogP contribution in [0, 0.1) is 0 Å². The number of nitrogens with two attached hydrogens (primary N) is 1. The molecule has 0 saturated carbocycles. The first-order valence-electron chi connectivity index (χ1n) is 7.22. The van der Waals surface area contributed by atoms with Gasteiger partial charge >= 0.3 is 0 Å². The lowest BCUT2D eigenvalue weighted by atomic mass is 9.85. The molecule has 0 amide bonds. The molecule has 0 aromatic heterocycles. The van der Waals surface area contributed by atoms with Crippen molar-refractivity contribution in [2.75, 3.05) is 25.0 Å². The molecule has 0 bridgehead atoms. The Morgan fingerprint density at radius 2 is 2.16 bits per heavy atom. The summed E-state index contributed by atoms with van der Waals surface area (Å²) in [4.78, 5) is 2.60. The molecule has 0 aliphatic carbocycles. The standard InChI is InChI=1S/C15H22ClN3/c16-12-5-1-2-6-13(12)18-15(11-17)8-10-19-9-4-3-7-14(15)19/h1-2,5-6,14,18H,3-4,7-11,17H2. The van der Waals surface area contributed by atoms with E-state index in [1.165, 1.54) is 25.8 Å². The van der Waals surface area contributed by atoms with E-state index in [1.807, 2.05) is 24.3 Å². The van der Waals surface area contributed by atoms with Crippen LogP contribution < -0.4 is 11.1 Å². The van der Waals surface area contributed by atoms with Crippen molar-refractivity contribution >= 4 is 17.3 Å². The van der Waals surface area contributed by atoms with Gasteiger partial charge in [0.15, 0.2) is 0 Å². The number of rotatable bonds is 3. The summed E-state index contributed by atoms with van der Waals surface area (Å²) < 4.78 is 0. The Labute approximate surface area is 120 Å². The van der Waals surface area contributed by atoms with Crippen LogP contribution in [0.2, 0.25) is 5.02 Å². The maximum atomic E-state index is 6.28. The first kappa shape index (κ1) is 13.2. The summed E-state index contributed by atoms with van der Waals surface area (Å²) in [5.74, 6) is 0. The van der Waals surface area contributed by atoms with Gasteiger partial charge in [-0.05, 0) is 37.9 Å². The van der Waals surface area contributed by atoms with Crippen LogP contribution in [0.15, 0.2) is 24.3 Å². The number of nitrogens with one attached hydrogen (secondary N) is 1. The van der Waals surface area contributed by atoms with Crippen LogP contribution in [0.1, 0.15) is 25.7 Å². The van der Waals surface area contributed by atoms with Gasteiger partial charge in [-0.2, -0.15) is 0 Å². The summed E-state index contributed by atoms with van der Waals surface area (Å²) in [6, 6.07) is 8.52. The lowest BCUT2D eigenvalue weighted by Crippen LogP contribution is -2.56. The Balaban J connectivity index is 1.85. The average Bonchev–Trinajstić information content (AvgIpc) is 2.81. The molecule has 2 aliphatic heterocycles. The maximum absolute atomic E-state index is 6.28. The number of benzene rings is 1. The summed E-state index contributed by atoms with van der Waals surface area (Å²) in [7, 11) is 0. The Morgan fingerprint density at radius 3 is 2.95 bits per heavy atom. The van der Waals surface area contributed by atoms with Crippen molar-refractivity contribution in [3.05, 3.63) is 29.3 Å². The Bertz CT molecular complexity index is 451. The molecule has 3 N–H and O–H groups in total. The molecule has 0 spiro atoms. The van der Waals surface area contributed by atoms with E-state index in [0.717, 1.165) is 23.7 Å². The second kappa shape index (κ2) is 5.31. The molecule has 3 nitrogen and oxygen atoms in total. The number of halogens is 1. The fourth-order valence-electron chi connectivity index (χ4n) is 3.66. The van der Waals surface area contributed by atoms with E-state index in [2.05, 4.69) is 10.2 Å². The van der Waals surface area contributed by atoms with Crippen LogP contribution in [0.3, 0.4) is 0 Å². The lowest BCUT2D eigenvalue weighted by molar-refractivity contribution is 0.167. The van der Waals surface area contributed by atoms with Gasteiger partial charge in [0, 0.05) is 19.1 Å². The monoisotopic (exact) mass is 279 g/mol. The van der Waals surface area contributed by atoms with E-state index in [4.69, 9.17) is 17.3 Å². The highest BCUT2D eigenvalue weighted by atomic mass is 35.5. The van der Waals surface area contributed by atoms with E-state index in [9.17, 15) is 0 Å². The Hall–Kier alpha value is -0.770. The van der Waals surface area contributed by atoms with Crippen LogP contribution >= 0.6 is 11.6 Å². The molecule has 19 heavy (non-hydrogen) atoms. The number of nitrogens with zero attached hydrogens (tertiary/aromatic N) is 1. The minimum absolute atomic E-state index is 0.00852. The number of anilines is 1. The third-order valence-electron chi connectivity index (χ3n) is 4.72. The summed E-state index contributed by atoms with van der Waals surface area (Å²) in [5.41, 5.74) is 7.15. The third kappa shape index (κ3) is 2.35. The molecule has 3 rings (SSSR count). The molecule has 2 saturated heterocycles. The predicted molar refractivity (Wildman–Crippen MR) is 80.7 cm³/mol. The van der Waals surface area contributed by atoms with E-state index < -0.39 is 0 Å². The summed E-state index contributed by atoms with van der Waals surface area (Å²) in [5, 5.41) is 4.45. The quantitative estimate of drug-likeness (QED) is 0.894. The zero-order valence-electron chi connectivity index (χ0n) is 11.2. The molecule has 2 aliphatic rings. The van der Waals surface area contributed by atoms with Crippen molar-refractivity contribution in [1.82, 2.24) is 4.90 Å². The smallest absolute Gasteiger partial charge is 0.0662 e. The normalized spacial score (nSPS) is 31.2. The van der Waals surface area contributed by atoms with Gasteiger partial charge in [0.05, 0.1) is 16.2 Å². The molecule has 2 atom stereocenters. The lowest BCUT2D eigenvalue weighted by Gasteiger charge is -2.41. The second-order valence-electron chi connectivity index (χ2n) is 5.76. The number of piperidine rings is 1. The number of para-hydroxylation sites is 1. The first-order valence-corrected chi connectivity index (χ1v) is 7.60. The van der Waals surface area contributed by atoms with Crippen molar-refractivity contribution < 1.29 is 0 Å². The molecule has 2 heterocycles. The van der Waals surface area contributed by atoms with Crippen LogP contribution in [0.4, 0.5) is 5.69 Å². The predicted octanol–water partition coefficient (Wildman–Crippen LogP) is 2.71. The molecular formula is C15H22ClN3. The van der Waals surface area contributed by atoms with E-state index in [-0.39, 0.29) is 5.54 Å². The highest BCUT2D eigenvalue weighted by Gasteiger charge is 2.47. The minimum Gasteiger partial charge on any atom is -0.375 e. The largest absolute Gasteiger partial charge is 0.375 e. The molecule has 104 valence electrons. The van der Waals surface area contributed by atoms with E-state index in [0.29, 0.717) is 12.6 Å². The van der Waals surface area contributed by atoms with Gasteiger partial charge in [0.2, 0.25) is 0 Å². The fourth-order valence-corrected chi connectivity index (χ4v) is 3.84. The highest BCUT2D eigenvalue weighted by molar-refractivity contribution is 6.33. The first-order chi connectivity index (χ1) is 9.25. The SMILES string of the molecule is NCC1(Nc2ccccc2Cl)CCN2CCCCC21. The maximum Gasteiger partial charge on any atom is 0.0662 e. The van der Waals surface area contributed by atoms with Crippen molar-refractivity contribution in [3.63, 3.8) is 0 Å². The molecule has 1 aromatic rings. The minimum atomic E-state index is -0.00852. The van der Waals surface area contributed by atoms with Crippen LogP contribution in [-0.2, 0) is 0 Å². The van der Waals surface area contributed by atoms with Gasteiger partial charge in [0.1, 0.15) is 0 Å². The molecule has 2 unspecified atom stereocenters. The molecule has 2 fully saturated rings. The van der Waals surface area contributed by atoms with Gasteiger partial charge in [-0.25, -0.2) is 0 Å². The highest BCUT2D eigenvalue weighted by Crippen LogP contribution is 2.38. The van der Waals surface area contributed by atoms with Crippen LogP contribution in [-0.4, -0.2) is 36.1 Å². The topological polar surface area (TPSA) is 41.3 Å². The van der Waals surface area contributed by atoms with Crippen molar-refractivity contribution in [2.24, 2.45) is 5.73 Å². The van der Waals surface area contributed by atoms with Crippen molar-refractivity contribution in [1.29, 1.82) is 0 Å². The molecule has 1 aromatic carbocycles. The van der Waals surface area contributed by atoms with Crippen LogP contribution in [0.25, 0.3) is 0 Å². The van der Waals surface area contributed by atoms with Crippen molar-refractivity contribution in [3.8, 4) is 0 Å². The molecule has 0 radical (unpaired) electrons. The van der Waals surface area contributed by atoms with Gasteiger partial charge in [-0.3, -0.25) is 4.90 Å². The second-order valence-corrected chi connectivity index (χ2v) is 6.17. The zero-order chi connectivity index (χ0) is 13.3. The average molecular weight is 280 g/mol. The van der Waals surface area contributed by atoms with Gasteiger partial charge in [-0.15, -0.1) is 0 Å². The summed E-state index contributed by atoms with van der Waals surface area (Å²) in [6.07, 6.45) is 4.99. The zero-order valence-corrected chi connectivity index (χ0v) is 12.0. The van der Waals surface area contributed by atoms with Gasteiger partial charge in [0.25, 0.3) is 0 Å².